The molecular formula is C20H15ClN4O2. The maximum absolute atomic E-state index is 12.2. The van der Waals surface area contributed by atoms with Gasteiger partial charge in [0, 0.05) is 30.5 Å². The zero-order valence-electron chi connectivity index (χ0n) is 14.4. The van der Waals surface area contributed by atoms with Gasteiger partial charge in [-0.2, -0.15) is 5.26 Å². The molecule has 2 heterocycles. The zero-order valence-corrected chi connectivity index (χ0v) is 15.2. The molecule has 0 bridgehead atoms. The van der Waals surface area contributed by atoms with Crippen LogP contribution in [-0.4, -0.2) is 15.5 Å². The van der Waals surface area contributed by atoms with Crippen LogP contribution in [0.3, 0.4) is 0 Å². The monoisotopic (exact) mass is 378 g/mol. The normalized spacial score (nSPS) is 10.3. The highest BCUT2D eigenvalue weighted by molar-refractivity contribution is 6.30. The number of rotatable bonds is 4. The van der Waals surface area contributed by atoms with Crippen LogP contribution in [0.25, 0.3) is 0 Å². The summed E-state index contributed by atoms with van der Waals surface area (Å²) >= 11 is 6.02. The minimum Gasteiger partial charge on any atom is -0.318 e. The van der Waals surface area contributed by atoms with Crippen LogP contribution in [0.15, 0.2) is 59.7 Å². The van der Waals surface area contributed by atoms with Gasteiger partial charge in [-0.3, -0.25) is 9.59 Å². The maximum atomic E-state index is 12.2. The Morgan fingerprint density at radius 2 is 2.04 bits per heavy atom. The Balaban J connectivity index is 1.71. The number of amides is 1. The Bertz CT molecular complexity index is 1100. The summed E-state index contributed by atoms with van der Waals surface area (Å²) < 4.78 is 1.34. The fourth-order valence-electron chi connectivity index (χ4n) is 2.57. The maximum Gasteiger partial charge on any atom is 0.258 e. The Morgan fingerprint density at radius 1 is 1.22 bits per heavy atom. The summed E-state index contributed by atoms with van der Waals surface area (Å²) in [4.78, 5) is 27.9. The number of nitriles is 1. The number of aromatic nitrogens is 2. The van der Waals surface area contributed by atoms with E-state index in [0.717, 1.165) is 11.1 Å². The number of aryl methyl sites for hydroxylation is 1. The second-order valence-electron chi connectivity index (χ2n) is 6.01. The number of halogens is 1. The van der Waals surface area contributed by atoms with Gasteiger partial charge in [0.2, 0.25) is 5.56 Å². The number of nitrogens with one attached hydrogen (secondary N) is 1. The second kappa shape index (κ2) is 7.85. The van der Waals surface area contributed by atoms with Crippen LogP contribution in [0.4, 0.5) is 5.82 Å². The molecular weight excluding hydrogens is 364 g/mol. The van der Waals surface area contributed by atoms with Crippen molar-refractivity contribution >= 4 is 23.3 Å². The topological polar surface area (TPSA) is 87.8 Å². The number of nitrogens with zero attached hydrogens (tertiary/aromatic N) is 3. The molecule has 0 unspecified atom stereocenters. The molecule has 3 aromatic rings. The predicted octanol–water partition coefficient (Wildman–Crippen LogP) is 3.15. The summed E-state index contributed by atoms with van der Waals surface area (Å²) in [5.74, 6) is 0.0563. The molecule has 1 amide bonds. The quantitative estimate of drug-likeness (QED) is 0.755. The number of carbonyl (C=O) groups is 1. The van der Waals surface area contributed by atoms with Crippen LogP contribution >= 0.6 is 11.6 Å². The number of hydrogen-bond donors (Lipinski definition) is 1. The van der Waals surface area contributed by atoms with E-state index in [1.54, 1.807) is 37.5 Å². The van der Waals surface area contributed by atoms with Crippen molar-refractivity contribution in [2.75, 3.05) is 5.32 Å². The fourth-order valence-corrected chi connectivity index (χ4v) is 2.83. The van der Waals surface area contributed by atoms with Crippen LogP contribution in [0.2, 0.25) is 5.02 Å². The first-order chi connectivity index (χ1) is 12.9. The summed E-state index contributed by atoms with van der Waals surface area (Å²) in [6.07, 6.45) is 3.69. The lowest BCUT2D eigenvalue weighted by molar-refractivity contribution is 0.102. The fraction of sp³-hybridized carbons (Fsp3) is 0.100. The molecule has 0 aliphatic carbocycles. The van der Waals surface area contributed by atoms with E-state index in [-0.39, 0.29) is 11.5 Å². The highest BCUT2D eigenvalue weighted by atomic mass is 35.5. The van der Waals surface area contributed by atoms with E-state index in [0.29, 0.717) is 28.4 Å². The number of hydrogen-bond acceptors (Lipinski definition) is 4. The Labute approximate surface area is 160 Å². The number of pyridine rings is 2. The van der Waals surface area contributed by atoms with Gasteiger partial charge < -0.3 is 9.88 Å². The predicted molar refractivity (Wildman–Crippen MR) is 103 cm³/mol. The van der Waals surface area contributed by atoms with Gasteiger partial charge in [-0.1, -0.05) is 17.7 Å². The van der Waals surface area contributed by atoms with Gasteiger partial charge in [0.25, 0.3) is 5.91 Å². The molecule has 0 radical (unpaired) electrons. The molecule has 0 aliphatic heterocycles. The molecule has 6 nitrogen and oxygen atoms in total. The van der Waals surface area contributed by atoms with Gasteiger partial charge in [-0.25, -0.2) is 4.98 Å². The van der Waals surface area contributed by atoms with Gasteiger partial charge >= 0.3 is 0 Å². The van der Waals surface area contributed by atoms with Gasteiger partial charge in [0.05, 0.1) is 17.2 Å². The molecule has 0 atom stereocenters. The van der Waals surface area contributed by atoms with Crippen LogP contribution < -0.4 is 10.9 Å². The molecule has 2 aromatic heterocycles. The van der Waals surface area contributed by atoms with Crippen LogP contribution in [-0.2, 0) is 13.5 Å². The molecule has 0 saturated carbocycles. The van der Waals surface area contributed by atoms with E-state index in [2.05, 4.69) is 16.4 Å². The van der Waals surface area contributed by atoms with Crippen molar-refractivity contribution in [1.82, 2.24) is 9.55 Å². The van der Waals surface area contributed by atoms with Crippen LogP contribution in [0.1, 0.15) is 27.0 Å². The Kier molecular flexibility index (Phi) is 5.34. The number of benzene rings is 1. The van der Waals surface area contributed by atoms with Crippen molar-refractivity contribution in [3.05, 3.63) is 92.5 Å². The van der Waals surface area contributed by atoms with Gasteiger partial charge in [0.15, 0.2) is 0 Å². The summed E-state index contributed by atoms with van der Waals surface area (Å²) in [7, 11) is 1.58. The van der Waals surface area contributed by atoms with E-state index >= 15 is 0 Å². The van der Waals surface area contributed by atoms with Crippen LogP contribution in [0.5, 0.6) is 0 Å². The standard InChI is InChI=1S/C20H15ClN4O2/c1-25-12-16(3-5-19(25)26)20(27)24-18-4-2-13(11-23-18)6-14-7-15(10-22)9-17(21)8-14/h2-5,7-9,11-12H,6H2,1H3,(H,23,24,27). The first-order valence-electron chi connectivity index (χ1n) is 8.07. The van der Waals surface area contributed by atoms with Gasteiger partial charge in [-0.05, 0) is 47.9 Å². The summed E-state index contributed by atoms with van der Waals surface area (Å²) in [5.41, 5.74) is 2.51. The van der Waals surface area contributed by atoms with Crippen LogP contribution in [0, 0.1) is 11.3 Å². The Morgan fingerprint density at radius 3 is 2.70 bits per heavy atom. The summed E-state index contributed by atoms with van der Waals surface area (Å²) in [5, 5.41) is 12.2. The minimum atomic E-state index is -0.348. The highest BCUT2D eigenvalue weighted by Gasteiger charge is 2.08. The minimum absolute atomic E-state index is 0.186. The van der Waals surface area contributed by atoms with Gasteiger partial charge in [-0.15, -0.1) is 0 Å². The lowest BCUT2D eigenvalue weighted by Gasteiger charge is -2.07. The van der Waals surface area contributed by atoms with Gasteiger partial charge in [0.1, 0.15) is 5.82 Å². The molecule has 1 N–H and O–H groups in total. The van der Waals surface area contributed by atoms with Crippen molar-refractivity contribution in [2.24, 2.45) is 7.05 Å². The third-order valence-corrected chi connectivity index (χ3v) is 4.13. The van der Waals surface area contributed by atoms with Crippen molar-refractivity contribution in [2.45, 2.75) is 6.42 Å². The van der Waals surface area contributed by atoms with E-state index in [1.807, 2.05) is 6.07 Å². The smallest absolute Gasteiger partial charge is 0.258 e. The molecule has 134 valence electrons. The summed E-state index contributed by atoms with van der Waals surface area (Å²) in [6.45, 7) is 0. The molecule has 1 aromatic carbocycles. The largest absolute Gasteiger partial charge is 0.318 e. The molecule has 0 fully saturated rings. The SMILES string of the molecule is Cn1cc(C(=O)Nc2ccc(Cc3cc(Cl)cc(C#N)c3)cn2)ccc1=O. The Hall–Kier alpha value is -3.43. The highest BCUT2D eigenvalue weighted by Crippen LogP contribution is 2.18. The van der Waals surface area contributed by atoms with Crippen molar-refractivity contribution in [3.8, 4) is 6.07 Å². The molecule has 3 rings (SSSR count). The molecule has 0 saturated heterocycles. The average Bonchev–Trinajstić information content (AvgIpc) is 2.65. The third kappa shape index (κ3) is 4.60. The van der Waals surface area contributed by atoms with Crippen molar-refractivity contribution in [1.29, 1.82) is 5.26 Å². The number of anilines is 1. The van der Waals surface area contributed by atoms with E-state index in [4.69, 9.17) is 16.9 Å². The number of carbonyl (C=O) groups excluding carboxylic acids is 1. The van der Waals surface area contributed by atoms with E-state index in [1.165, 1.54) is 22.9 Å². The van der Waals surface area contributed by atoms with Crippen molar-refractivity contribution < 1.29 is 4.79 Å². The molecule has 0 aliphatic rings. The van der Waals surface area contributed by atoms with Crippen molar-refractivity contribution in [3.63, 3.8) is 0 Å². The first-order valence-corrected chi connectivity index (χ1v) is 8.45. The average molecular weight is 379 g/mol. The third-order valence-electron chi connectivity index (χ3n) is 3.91. The first kappa shape index (κ1) is 18.4. The molecule has 27 heavy (non-hydrogen) atoms. The van der Waals surface area contributed by atoms with E-state index < -0.39 is 0 Å². The lowest BCUT2D eigenvalue weighted by atomic mass is 10.0. The zero-order chi connectivity index (χ0) is 19.4. The second-order valence-corrected chi connectivity index (χ2v) is 6.45. The molecule has 7 heteroatoms. The lowest BCUT2D eigenvalue weighted by Crippen LogP contribution is -2.19. The van der Waals surface area contributed by atoms with E-state index in [9.17, 15) is 9.59 Å². The molecule has 0 spiro atoms. The summed E-state index contributed by atoms with van der Waals surface area (Å²) in [6, 6.07) is 13.6.